The van der Waals surface area contributed by atoms with E-state index in [9.17, 15) is 10.2 Å². The lowest BCUT2D eigenvalue weighted by Crippen LogP contribution is -2.47. The van der Waals surface area contributed by atoms with Crippen LogP contribution in [0.25, 0.3) is 27.5 Å². The molecule has 0 spiro atoms. The number of rotatable bonds is 11. The largest absolute Gasteiger partial charge is 0.508 e. The van der Waals surface area contributed by atoms with Crippen LogP contribution in [0.2, 0.25) is 6.32 Å². The van der Waals surface area contributed by atoms with Gasteiger partial charge in [-0.15, -0.1) is 0 Å². The maximum absolute atomic E-state index is 15.5. The number of aliphatic imine (C=N–C) groups is 1. The predicted molar refractivity (Wildman–Crippen MR) is 205 cm³/mol. The van der Waals surface area contributed by atoms with Gasteiger partial charge in [-0.05, 0) is 118 Å². The molecule has 2 aliphatic heterocycles. The fraction of sp³-hybridized carbons (Fsp3) is 0.525. The van der Waals surface area contributed by atoms with Crippen molar-refractivity contribution in [2.45, 2.75) is 97.6 Å². The minimum Gasteiger partial charge on any atom is -0.508 e. The Bertz CT molecular complexity index is 1950. The molecule has 9 nitrogen and oxygen atoms in total. The molecule has 3 heterocycles. The van der Waals surface area contributed by atoms with Gasteiger partial charge in [-0.2, -0.15) is 9.97 Å². The predicted octanol–water partition coefficient (Wildman–Crippen LogP) is 6.42. The van der Waals surface area contributed by atoms with Crippen LogP contribution in [0.15, 0.2) is 35.3 Å². The number of anilines is 1. The van der Waals surface area contributed by atoms with Crippen LogP contribution in [0.3, 0.4) is 0 Å². The Labute approximate surface area is 301 Å². The maximum atomic E-state index is 15.5. The summed E-state index contributed by atoms with van der Waals surface area (Å²) in [5.74, 6) is 0.976. The summed E-state index contributed by atoms with van der Waals surface area (Å²) >= 11 is 0. The monoisotopic (exact) mass is 693 g/mol. The van der Waals surface area contributed by atoms with Gasteiger partial charge in [0.25, 0.3) is 0 Å². The number of halogens is 1. The molecular formula is C40H51BFN6O3. The highest BCUT2D eigenvalue weighted by Crippen LogP contribution is 2.49. The van der Waals surface area contributed by atoms with E-state index in [1.54, 1.807) is 18.2 Å². The summed E-state index contributed by atoms with van der Waals surface area (Å²) in [6.45, 7) is 14.9. The standard InChI is InChI=1S/C40H51BFN6O3/c1-7-27-30(42)11-10-25-16-26(49)17-29(33(25)27)32-24(5)35-34(28(8-2)36(32)44-23(3)4)37(47-15-9-12-39(6,50)19-47)46-38(45-35)51-21-40(13-14-40)20-48(22-43)31-18-41-31/h8,10-11,16-17,23,31,49-50H,7,9,12-15,18-22,43H2,1-6H3/b28-8-,44-36?. The van der Waals surface area contributed by atoms with Crippen molar-refractivity contribution in [1.29, 1.82) is 0 Å². The second-order valence-electron chi connectivity index (χ2n) is 15.6. The zero-order valence-corrected chi connectivity index (χ0v) is 30.9. The number of benzene rings is 2. The third-order valence-electron chi connectivity index (χ3n) is 10.9. The number of nitrogens with two attached hydrogens (primary N) is 1. The minimum absolute atomic E-state index is 0.00669. The second-order valence-corrected chi connectivity index (χ2v) is 15.6. The smallest absolute Gasteiger partial charge is 0.318 e. The Morgan fingerprint density at radius 3 is 2.63 bits per heavy atom. The normalized spacial score (nSPS) is 24.1. The van der Waals surface area contributed by atoms with E-state index in [0.717, 1.165) is 77.4 Å². The molecule has 7 rings (SSSR count). The molecule has 2 saturated heterocycles. The zero-order valence-electron chi connectivity index (χ0n) is 30.9. The highest BCUT2D eigenvalue weighted by molar-refractivity contribution is 6.52. The molecule has 269 valence electrons. The quantitative estimate of drug-likeness (QED) is 0.156. The highest BCUT2D eigenvalue weighted by Gasteiger charge is 2.47. The first-order chi connectivity index (χ1) is 24.4. The molecule has 2 atom stereocenters. The van der Waals surface area contributed by atoms with Gasteiger partial charge in [0, 0.05) is 48.9 Å². The summed E-state index contributed by atoms with van der Waals surface area (Å²) in [6.07, 6.45) is 7.25. The number of hydrogen-bond acceptors (Lipinski definition) is 9. The molecule has 1 aromatic heterocycles. The van der Waals surface area contributed by atoms with E-state index in [-0.39, 0.29) is 29.0 Å². The number of fused-ring (bicyclic) bond motifs is 2. The van der Waals surface area contributed by atoms with Crippen molar-refractivity contribution in [1.82, 2.24) is 14.9 Å². The molecule has 2 aliphatic carbocycles. The third-order valence-corrected chi connectivity index (χ3v) is 10.9. The summed E-state index contributed by atoms with van der Waals surface area (Å²) in [6, 6.07) is 6.84. The van der Waals surface area contributed by atoms with E-state index in [0.29, 0.717) is 61.2 Å². The number of phenolic OH excluding ortho intramolecular Hbond substituents is 1. The molecular weight excluding hydrogens is 642 g/mol. The van der Waals surface area contributed by atoms with Crippen LogP contribution in [-0.4, -0.2) is 88.6 Å². The first-order valence-electron chi connectivity index (χ1n) is 18.6. The van der Waals surface area contributed by atoms with Crippen LogP contribution in [0, 0.1) is 11.2 Å². The van der Waals surface area contributed by atoms with E-state index in [2.05, 4.69) is 17.1 Å². The number of hydrogen-bond donors (Lipinski definition) is 3. The van der Waals surface area contributed by atoms with Gasteiger partial charge in [-0.1, -0.05) is 25.4 Å². The average Bonchev–Trinajstić information content (AvgIpc) is 4.03. The fourth-order valence-corrected chi connectivity index (χ4v) is 8.09. The van der Waals surface area contributed by atoms with Crippen molar-refractivity contribution < 1.29 is 19.3 Å². The van der Waals surface area contributed by atoms with Crippen LogP contribution in [0.5, 0.6) is 11.8 Å². The van der Waals surface area contributed by atoms with E-state index < -0.39 is 5.60 Å². The molecule has 4 N–H and O–H groups in total. The van der Waals surface area contributed by atoms with Crippen molar-refractivity contribution >= 4 is 46.3 Å². The van der Waals surface area contributed by atoms with Gasteiger partial charge >= 0.3 is 6.01 Å². The van der Waals surface area contributed by atoms with Crippen LogP contribution in [0.4, 0.5) is 10.2 Å². The van der Waals surface area contributed by atoms with Gasteiger partial charge in [0.2, 0.25) is 0 Å². The van der Waals surface area contributed by atoms with Crippen LogP contribution >= 0.6 is 0 Å². The Morgan fingerprint density at radius 2 is 2.00 bits per heavy atom. The summed E-state index contributed by atoms with van der Waals surface area (Å²) in [7, 11) is 2.28. The van der Waals surface area contributed by atoms with Crippen LogP contribution < -0.4 is 15.4 Å². The minimum atomic E-state index is -0.878. The lowest BCUT2D eigenvalue weighted by atomic mass is 9.78. The number of β-amino-alcohol motifs (C(OH)–C–C–N with tert-alkyl or cyclic N) is 1. The summed E-state index contributed by atoms with van der Waals surface area (Å²) in [4.78, 5) is 20.0. The second kappa shape index (κ2) is 13.6. The topological polar surface area (TPSA) is 120 Å². The van der Waals surface area contributed by atoms with Gasteiger partial charge < -0.3 is 25.6 Å². The van der Waals surface area contributed by atoms with Crippen molar-refractivity contribution in [2.24, 2.45) is 16.1 Å². The van der Waals surface area contributed by atoms with Crippen LogP contribution in [-0.2, 0) is 6.42 Å². The molecule has 3 aromatic rings. The number of phenols is 1. The number of nitrogens with zero attached hydrogens (tertiary/aromatic N) is 5. The number of aromatic nitrogens is 2. The highest BCUT2D eigenvalue weighted by atomic mass is 19.1. The Kier molecular flexibility index (Phi) is 9.52. The van der Waals surface area contributed by atoms with Crippen LogP contribution in [0.1, 0.15) is 89.6 Å². The molecule has 11 heteroatoms. The Morgan fingerprint density at radius 1 is 1.24 bits per heavy atom. The number of aryl methyl sites for hydroxylation is 1. The molecule has 1 radical (unpaired) electrons. The van der Waals surface area contributed by atoms with Gasteiger partial charge in [0.15, 0.2) is 0 Å². The van der Waals surface area contributed by atoms with Crippen molar-refractivity contribution in [3.05, 3.63) is 58.5 Å². The number of allylic oxidation sites excluding steroid dienone is 4. The van der Waals surface area contributed by atoms with Crippen molar-refractivity contribution in [3.8, 4) is 11.8 Å². The molecule has 0 bridgehead atoms. The van der Waals surface area contributed by atoms with Gasteiger partial charge in [0.05, 0.1) is 29.2 Å². The summed E-state index contributed by atoms with van der Waals surface area (Å²) in [5, 5.41) is 23.8. The van der Waals surface area contributed by atoms with E-state index >= 15 is 4.39 Å². The molecule has 1 saturated carbocycles. The average molecular weight is 694 g/mol. The number of ether oxygens (including phenoxy) is 1. The van der Waals surface area contributed by atoms with E-state index in [1.165, 1.54) is 6.07 Å². The molecule has 51 heavy (non-hydrogen) atoms. The molecule has 2 aromatic carbocycles. The van der Waals surface area contributed by atoms with Crippen molar-refractivity contribution in [2.75, 3.05) is 37.8 Å². The Hall–Kier alpha value is -3.80. The van der Waals surface area contributed by atoms with E-state index in [1.807, 2.05) is 47.6 Å². The molecule has 3 fully saturated rings. The number of piperidine rings is 1. The van der Waals surface area contributed by atoms with Crippen molar-refractivity contribution in [3.63, 3.8) is 0 Å². The van der Waals surface area contributed by atoms with Gasteiger partial charge in [-0.25, -0.2) is 4.39 Å². The Balaban J connectivity index is 1.44. The van der Waals surface area contributed by atoms with Gasteiger partial charge in [-0.3, -0.25) is 9.89 Å². The summed E-state index contributed by atoms with van der Waals surface area (Å²) in [5.41, 5.74) is 11.3. The molecule has 4 aliphatic rings. The maximum Gasteiger partial charge on any atom is 0.318 e. The third kappa shape index (κ3) is 6.92. The zero-order chi connectivity index (χ0) is 36.2. The first-order valence-corrected chi connectivity index (χ1v) is 18.6. The molecule has 0 amide bonds. The SMILES string of the molecule is C/C=C1\C(=NC(C)C)C(c2cc(O)cc3ccc(F)c(CC)c23)=C(C)c2nc(OCC3(CN(CN)C4[B]C4)CC3)nc(N3CCCC(C)(O)C3)c21. The lowest BCUT2D eigenvalue weighted by Gasteiger charge is -2.39. The summed E-state index contributed by atoms with van der Waals surface area (Å²) < 4.78 is 22.0. The number of aliphatic hydroxyl groups is 1. The van der Waals surface area contributed by atoms with E-state index in [4.69, 9.17) is 25.4 Å². The first kappa shape index (κ1) is 35.6. The number of aromatic hydroxyl groups is 1. The fourth-order valence-electron chi connectivity index (χ4n) is 8.09. The van der Waals surface area contributed by atoms with Gasteiger partial charge in [0.1, 0.15) is 24.7 Å². The molecule has 2 unspecified atom stereocenters. The lowest BCUT2D eigenvalue weighted by molar-refractivity contribution is 0.0446.